The number of aromatic nitrogens is 7. The highest BCUT2D eigenvalue weighted by atomic mass is 35.5. The molecule has 4 N–H and O–H groups in total. The predicted molar refractivity (Wildman–Crippen MR) is 193 cm³/mol. The fourth-order valence-corrected chi connectivity index (χ4v) is 7.16. The highest BCUT2D eigenvalue weighted by molar-refractivity contribution is 6.39. The molecule has 2 aromatic carbocycles. The second-order valence-corrected chi connectivity index (χ2v) is 13.3. The van der Waals surface area contributed by atoms with E-state index in [1.54, 1.807) is 48.0 Å². The number of nitrogens with one attached hydrogen (secondary N) is 4. The van der Waals surface area contributed by atoms with Gasteiger partial charge in [-0.25, -0.2) is 4.98 Å². The van der Waals surface area contributed by atoms with Crippen molar-refractivity contribution in [3.05, 3.63) is 87.3 Å². The normalized spacial score (nSPS) is 15.3. The average molecular weight is 745 g/mol. The van der Waals surface area contributed by atoms with Crippen LogP contribution in [-0.2, 0) is 42.6 Å². The fraction of sp³-hybridized carbons (Fsp3) is 0.314. The zero-order valence-corrected chi connectivity index (χ0v) is 29.9. The molecule has 1 fully saturated rings. The van der Waals surface area contributed by atoms with Gasteiger partial charge in [0.1, 0.15) is 5.75 Å². The molecule has 0 radical (unpaired) electrons. The number of amides is 3. The Bertz CT molecular complexity index is 2150. The van der Waals surface area contributed by atoms with Gasteiger partial charge in [-0.3, -0.25) is 19.4 Å². The van der Waals surface area contributed by atoms with E-state index in [0.717, 1.165) is 23.2 Å². The maximum atomic E-state index is 13.6. The Morgan fingerprint density at radius 1 is 1.10 bits per heavy atom. The van der Waals surface area contributed by atoms with Gasteiger partial charge in [-0.05, 0) is 24.6 Å². The molecule has 1 unspecified atom stereocenters. The van der Waals surface area contributed by atoms with Crippen molar-refractivity contribution in [1.82, 2.24) is 50.7 Å². The molecule has 3 aromatic heterocycles. The molecule has 1 saturated heterocycles. The third-order valence-corrected chi connectivity index (χ3v) is 10.1. The minimum atomic E-state index is -0.447. The van der Waals surface area contributed by atoms with Gasteiger partial charge >= 0.3 is 0 Å². The number of fused-ring (bicyclic) bond motifs is 1. The number of benzene rings is 2. The van der Waals surface area contributed by atoms with Crippen LogP contribution in [0, 0.1) is 0 Å². The monoisotopic (exact) mass is 743 g/mol. The van der Waals surface area contributed by atoms with E-state index in [1.165, 1.54) is 0 Å². The summed E-state index contributed by atoms with van der Waals surface area (Å²) in [5, 5.41) is 23.5. The van der Waals surface area contributed by atoms with Crippen LogP contribution in [0.25, 0.3) is 22.4 Å². The van der Waals surface area contributed by atoms with E-state index in [9.17, 15) is 14.4 Å². The van der Waals surface area contributed by atoms with E-state index in [4.69, 9.17) is 27.9 Å². The number of methoxy groups -OCH3 is 1. The topological polar surface area (TPSA) is 185 Å². The molecule has 52 heavy (non-hydrogen) atoms. The summed E-state index contributed by atoms with van der Waals surface area (Å²) in [4.78, 5) is 48.8. The first kappa shape index (κ1) is 35.0. The van der Waals surface area contributed by atoms with Gasteiger partial charge in [-0.15, -0.1) is 10.2 Å². The molecule has 3 amide bonds. The van der Waals surface area contributed by atoms with Gasteiger partial charge in [0.25, 0.3) is 5.91 Å². The molecular weight excluding hydrogens is 709 g/mol. The average Bonchev–Trinajstić information content (AvgIpc) is 3.90. The summed E-state index contributed by atoms with van der Waals surface area (Å²) >= 11 is 13.9. The molecule has 0 aliphatic carbocycles. The van der Waals surface area contributed by atoms with Crippen molar-refractivity contribution in [2.75, 3.05) is 25.5 Å². The molecule has 15 nitrogen and oxygen atoms in total. The van der Waals surface area contributed by atoms with E-state index >= 15 is 0 Å². The van der Waals surface area contributed by atoms with Gasteiger partial charge in [0.15, 0.2) is 11.6 Å². The number of halogens is 2. The van der Waals surface area contributed by atoms with Crippen molar-refractivity contribution in [3.8, 4) is 28.1 Å². The summed E-state index contributed by atoms with van der Waals surface area (Å²) in [6.45, 7) is 1.97. The van der Waals surface area contributed by atoms with E-state index < -0.39 is 5.91 Å². The van der Waals surface area contributed by atoms with Gasteiger partial charge in [-0.2, -0.15) is 5.21 Å². The number of rotatable bonds is 11. The Morgan fingerprint density at radius 2 is 1.94 bits per heavy atom. The van der Waals surface area contributed by atoms with Gasteiger partial charge < -0.3 is 30.2 Å². The largest absolute Gasteiger partial charge is 0.496 e. The second-order valence-electron chi connectivity index (χ2n) is 12.6. The molecular formula is C35H35Cl2N11O4. The summed E-state index contributed by atoms with van der Waals surface area (Å²) in [5.41, 5.74) is 5.40. The highest BCUT2D eigenvalue weighted by Gasteiger charge is 2.29. The van der Waals surface area contributed by atoms with Crippen molar-refractivity contribution in [3.63, 3.8) is 0 Å². The zero-order valence-electron chi connectivity index (χ0n) is 28.4. The number of aromatic amines is 1. The number of carbonyl (C=O) groups is 3. The lowest BCUT2D eigenvalue weighted by Crippen LogP contribution is -2.37. The number of imidazole rings is 1. The number of hydrogen-bond acceptors (Lipinski definition) is 10. The second kappa shape index (κ2) is 15.1. The van der Waals surface area contributed by atoms with Crippen molar-refractivity contribution < 1.29 is 19.1 Å². The molecule has 17 heteroatoms. The molecule has 0 saturated carbocycles. The lowest BCUT2D eigenvalue weighted by Gasteiger charge is -2.26. The summed E-state index contributed by atoms with van der Waals surface area (Å²) in [6, 6.07) is 13.0. The lowest BCUT2D eigenvalue weighted by atomic mass is 10.0. The first-order valence-electron chi connectivity index (χ1n) is 16.7. The zero-order chi connectivity index (χ0) is 36.4. The third-order valence-electron chi connectivity index (χ3n) is 9.29. The summed E-state index contributed by atoms with van der Waals surface area (Å²) in [5.74, 6) is 0.668. The van der Waals surface area contributed by atoms with Crippen molar-refractivity contribution in [1.29, 1.82) is 0 Å². The number of tetrazole rings is 1. The van der Waals surface area contributed by atoms with E-state index in [0.29, 0.717) is 82.3 Å². The number of anilines is 1. The van der Waals surface area contributed by atoms with Crippen LogP contribution in [0.5, 0.6) is 5.75 Å². The van der Waals surface area contributed by atoms with Gasteiger partial charge in [-0.1, -0.05) is 52.7 Å². The summed E-state index contributed by atoms with van der Waals surface area (Å²) < 4.78 is 7.46. The minimum Gasteiger partial charge on any atom is -0.496 e. The van der Waals surface area contributed by atoms with Crippen LogP contribution < -0.4 is 20.7 Å². The Kier molecular flexibility index (Phi) is 10.2. The SMILES string of the molecule is COc1cc(-c2nccc(-c3cccc(NC(=O)c4nc5c(n4C)CCN(C(=O)Cc4nn[nH]n4)C5)c3Cl)c2Cl)ccc1CNCC1CCC(=O)N1. The Balaban J connectivity index is 1.06. The maximum absolute atomic E-state index is 13.6. The molecule has 0 spiro atoms. The summed E-state index contributed by atoms with van der Waals surface area (Å²) in [6.07, 6.45) is 3.60. The van der Waals surface area contributed by atoms with Crippen LogP contribution in [-0.4, -0.2) is 84.0 Å². The number of hydrogen-bond donors (Lipinski definition) is 4. The fourth-order valence-electron chi connectivity index (χ4n) is 6.57. The first-order valence-corrected chi connectivity index (χ1v) is 17.4. The number of H-pyrrole nitrogens is 1. The third kappa shape index (κ3) is 7.20. The molecule has 1 atom stereocenters. The number of nitrogens with zero attached hydrogens (tertiary/aromatic N) is 7. The Labute approximate surface area is 308 Å². The molecule has 5 heterocycles. The lowest BCUT2D eigenvalue weighted by molar-refractivity contribution is -0.131. The first-order chi connectivity index (χ1) is 25.2. The van der Waals surface area contributed by atoms with Crippen LogP contribution in [0.15, 0.2) is 48.7 Å². The number of carbonyl (C=O) groups excluding carboxylic acids is 3. The molecule has 5 aromatic rings. The minimum absolute atomic E-state index is 0.0200. The van der Waals surface area contributed by atoms with Gasteiger partial charge in [0.05, 0.1) is 47.2 Å². The van der Waals surface area contributed by atoms with E-state index in [2.05, 4.69) is 46.5 Å². The summed E-state index contributed by atoms with van der Waals surface area (Å²) in [7, 11) is 3.39. The molecule has 2 aliphatic rings. The molecule has 7 rings (SSSR count). The van der Waals surface area contributed by atoms with Crippen LogP contribution in [0.4, 0.5) is 5.69 Å². The molecule has 268 valence electrons. The van der Waals surface area contributed by atoms with Crippen LogP contribution >= 0.6 is 23.2 Å². The van der Waals surface area contributed by atoms with Crippen molar-refractivity contribution in [2.24, 2.45) is 7.05 Å². The van der Waals surface area contributed by atoms with Crippen LogP contribution in [0.3, 0.4) is 0 Å². The quantitative estimate of drug-likeness (QED) is 0.155. The Hall–Kier alpha value is -5.38. The number of pyridine rings is 1. The Morgan fingerprint density at radius 3 is 2.71 bits per heavy atom. The maximum Gasteiger partial charge on any atom is 0.291 e. The standard InChI is InChI=1S/C35H35Cl2N11O4/c1-47-26-11-13-48(30(50)15-28-43-45-46-44-28)18-25(26)41-34(47)35(51)42-24-5-3-4-22(31(24)36)23-10-12-39-33(32(23)37)19-6-7-20(27(14-19)52-2)16-38-17-21-8-9-29(49)40-21/h3-7,10,12,14,21,38H,8-9,11,13,15-18H2,1-2H3,(H,40,49)(H,42,51)(H,43,44,45,46). The van der Waals surface area contributed by atoms with Crippen LogP contribution in [0.2, 0.25) is 10.0 Å². The van der Waals surface area contributed by atoms with Crippen molar-refractivity contribution in [2.45, 2.75) is 44.8 Å². The molecule has 2 aliphatic heterocycles. The van der Waals surface area contributed by atoms with E-state index in [1.807, 2.05) is 24.3 Å². The van der Waals surface area contributed by atoms with Gasteiger partial charge in [0.2, 0.25) is 11.8 Å². The van der Waals surface area contributed by atoms with Crippen molar-refractivity contribution >= 4 is 46.6 Å². The highest BCUT2D eigenvalue weighted by Crippen LogP contribution is 2.41. The predicted octanol–water partition coefficient (Wildman–Crippen LogP) is 3.73. The number of ether oxygens (including phenoxy) is 1. The van der Waals surface area contributed by atoms with E-state index in [-0.39, 0.29) is 36.6 Å². The smallest absolute Gasteiger partial charge is 0.291 e. The van der Waals surface area contributed by atoms with Gasteiger partial charge in [0, 0.05) is 79.7 Å². The molecule has 0 bridgehead atoms. The van der Waals surface area contributed by atoms with Crippen LogP contribution in [0.1, 0.15) is 46.2 Å².